The van der Waals surface area contributed by atoms with E-state index in [1.54, 1.807) is 0 Å². The first-order chi connectivity index (χ1) is 3.77. The zero-order valence-corrected chi connectivity index (χ0v) is 4.16. The molecule has 0 aliphatic heterocycles. The molecule has 0 atom stereocenters. The highest BCUT2D eigenvalue weighted by Gasteiger charge is 1.80. The van der Waals surface area contributed by atoms with Gasteiger partial charge < -0.3 is 10.8 Å². The van der Waals surface area contributed by atoms with Crippen LogP contribution in [0.4, 0.5) is 4.79 Å². The van der Waals surface area contributed by atoms with Crippen molar-refractivity contribution in [2.75, 3.05) is 6.61 Å². The molecule has 0 saturated heterocycles. The molecule has 5 nitrogen and oxygen atoms in total. The minimum Gasteiger partial charge on any atom is -0.391 e. The van der Waals surface area contributed by atoms with Crippen molar-refractivity contribution in [1.82, 2.24) is 5.43 Å². The third-order valence-electron chi connectivity index (χ3n) is 0.348. The lowest BCUT2D eigenvalue weighted by Gasteiger charge is -1.86. The van der Waals surface area contributed by atoms with Gasteiger partial charge in [-0.1, -0.05) is 0 Å². The Hall–Kier alpha value is -1.10. The van der Waals surface area contributed by atoms with Crippen molar-refractivity contribution < 1.29 is 9.90 Å². The lowest BCUT2D eigenvalue weighted by atomic mass is 10.8. The summed E-state index contributed by atoms with van der Waals surface area (Å²) in [7, 11) is 0. The molecule has 0 aliphatic rings. The van der Waals surface area contributed by atoms with Crippen molar-refractivity contribution in [2.24, 2.45) is 10.8 Å². The Labute approximate surface area is 46.2 Å². The van der Waals surface area contributed by atoms with Crippen LogP contribution in [0.15, 0.2) is 5.10 Å². The lowest BCUT2D eigenvalue weighted by Crippen LogP contribution is -2.24. The van der Waals surface area contributed by atoms with Crippen molar-refractivity contribution in [3.63, 3.8) is 0 Å². The van der Waals surface area contributed by atoms with Crippen LogP contribution in [0.2, 0.25) is 0 Å². The van der Waals surface area contributed by atoms with Crippen LogP contribution in [0.1, 0.15) is 0 Å². The quantitative estimate of drug-likeness (QED) is 0.308. The van der Waals surface area contributed by atoms with E-state index in [4.69, 9.17) is 5.11 Å². The van der Waals surface area contributed by atoms with Gasteiger partial charge in [0, 0.05) is 0 Å². The molecule has 2 amide bonds. The number of hydrogen-bond donors (Lipinski definition) is 3. The van der Waals surface area contributed by atoms with Crippen LogP contribution in [0, 0.1) is 0 Å². The molecule has 0 aliphatic carbocycles. The Morgan fingerprint density at radius 2 is 2.62 bits per heavy atom. The normalized spacial score (nSPS) is 9.62. The van der Waals surface area contributed by atoms with E-state index in [2.05, 4.69) is 10.8 Å². The van der Waals surface area contributed by atoms with Gasteiger partial charge in [0.15, 0.2) is 0 Å². The Bertz CT molecular complexity index is 101. The number of hydrazone groups is 1. The first-order valence-corrected chi connectivity index (χ1v) is 1.95. The Morgan fingerprint density at radius 3 is 3.00 bits per heavy atom. The van der Waals surface area contributed by atoms with E-state index in [0.29, 0.717) is 0 Å². The molecule has 4 N–H and O–H groups in total. The number of nitrogens with one attached hydrogen (secondary N) is 1. The summed E-state index contributed by atoms with van der Waals surface area (Å²) in [4.78, 5) is 9.79. The van der Waals surface area contributed by atoms with Crippen molar-refractivity contribution >= 4 is 12.2 Å². The van der Waals surface area contributed by atoms with Gasteiger partial charge in [-0.2, -0.15) is 5.10 Å². The Kier molecular flexibility index (Phi) is 3.51. The third kappa shape index (κ3) is 4.90. The summed E-state index contributed by atoms with van der Waals surface area (Å²) in [5.41, 5.74) is 6.48. The average Bonchev–Trinajstić information content (AvgIpc) is 1.66. The molecule has 0 rings (SSSR count). The van der Waals surface area contributed by atoms with Crippen LogP contribution in [-0.2, 0) is 0 Å². The second-order valence-electron chi connectivity index (χ2n) is 0.970. The monoisotopic (exact) mass is 117 g/mol. The van der Waals surface area contributed by atoms with Crippen LogP contribution in [-0.4, -0.2) is 24.0 Å². The van der Waals surface area contributed by atoms with Gasteiger partial charge in [0.05, 0.1) is 12.8 Å². The fraction of sp³-hybridized carbons (Fsp3) is 0.333. The number of aliphatic hydroxyl groups excluding tert-OH is 1. The second kappa shape index (κ2) is 4.07. The lowest BCUT2D eigenvalue weighted by molar-refractivity contribution is 0.249. The minimum atomic E-state index is -0.741. The standard InChI is InChI=1S/C3H7N3O2/c4-3(8)6-5-1-2-7/h1,7H,2H2,(H3,4,6,8). The van der Waals surface area contributed by atoms with E-state index in [1.807, 2.05) is 5.43 Å². The smallest absolute Gasteiger partial charge is 0.332 e. The topological polar surface area (TPSA) is 87.7 Å². The SMILES string of the molecule is NC(=O)NN=CCO. The van der Waals surface area contributed by atoms with Gasteiger partial charge in [-0.15, -0.1) is 0 Å². The summed E-state index contributed by atoms with van der Waals surface area (Å²) in [5, 5.41) is 11.2. The summed E-state index contributed by atoms with van der Waals surface area (Å²) < 4.78 is 0. The zero-order chi connectivity index (χ0) is 6.41. The number of amides is 2. The molecule has 0 aromatic rings. The molecule has 0 bridgehead atoms. The van der Waals surface area contributed by atoms with Crippen molar-refractivity contribution in [3.8, 4) is 0 Å². The molecule has 0 radical (unpaired) electrons. The number of nitrogens with zero attached hydrogens (tertiary/aromatic N) is 1. The number of carbonyl (C=O) groups is 1. The summed E-state index contributed by atoms with van der Waals surface area (Å²) in [5.74, 6) is 0. The van der Waals surface area contributed by atoms with Crippen LogP contribution < -0.4 is 11.2 Å². The highest BCUT2D eigenvalue weighted by molar-refractivity contribution is 5.72. The summed E-state index contributed by atoms with van der Waals surface area (Å²) in [6.45, 7) is -0.208. The second-order valence-corrected chi connectivity index (χ2v) is 0.970. The molecule has 0 aromatic heterocycles. The highest BCUT2D eigenvalue weighted by Crippen LogP contribution is 1.54. The highest BCUT2D eigenvalue weighted by atomic mass is 16.3. The molecule has 0 unspecified atom stereocenters. The molecule has 0 spiro atoms. The van der Waals surface area contributed by atoms with Crippen LogP contribution in [0.3, 0.4) is 0 Å². The molecule has 0 saturated carbocycles. The fourth-order valence-corrected chi connectivity index (χ4v) is 0.150. The number of hydrogen-bond acceptors (Lipinski definition) is 3. The van der Waals surface area contributed by atoms with Gasteiger partial charge in [0.25, 0.3) is 0 Å². The van der Waals surface area contributed by atoms with E-state index in [1.165, 1.54) is 0 Å². The van der Waals surface area contributed by atoms with E-state index in [-0.39, 0.29) is 6.61 Å². The summed E-state index contributed by atoms with van der Waals surface area (Å²) in [6.07, 6.45) is 1.12. The number of carbonyl (C=O) groups excluding carboxylic acids is 1. The number of primary amides is 1. The van der Waals surface area contributed by atoms with Crippen LogP contribution in [0.25, 0.3) is 0 Å². The maximum Gasteiger partial charge on any atom is 0.332 e. The average molecular weight is 117 g/mol. The van der Waals surface area contributed by atoms with Gasteiger partial charge in [-0.3, -0.25) is 0 Å². The predicted molar refractivity (Wildman–Crippen MR) is 28.3 cm³/mol. The maximum atomic E-state index is 9.79. The number of nitrogens with two attached hydrogens (primary N) is 1. The zero-order valence-electron chi connectivity index (χ0n) is 4.16. The van der Waals surface area contributed by atoms with Gasteiger partial charge >= 0.3 is 6.03 Å². The molecule has 46 valence electrons. The van der Waals surface area contributed by atoms with Gasteiger partial charge in [0.2, 0.25) is 0 Å². The van der Waals surface area contributed by atoms with E-state index in [9.17, 15) is 4.79 Å². The molecule has 5 heteroatoms. The summed E-state index contributed by atoms with van der Waals surface area (Å²) >= 11 is 0. The van der Waals surface area contributed by atoms with Crippen LogP contribution in [0.5, 0.6) is 0 Å². The molecule has 8 heavy (non-hydrogen) atoms. The van der Waals surface area contributed by atoms with Crippen molar-refractivity contribution in [3.05, 3.63) is 0 Å². The van der Waals surface area contributed by atoms with Gasteiger partial charge in [-0.25, -0.2) is 10.2 Å². The molecular formula is C3H7N3O2. The van der Waals surface area contributed by atoms with Crippen molar-refractivity contribution in [2.45, 2.75) is 0 Å². The molecular weight excluding hydrogens is 110 g/mol. The van der Waals surface area contributed by atoms with E-state index < -0.39 is 6.03 Å². The minimum absolute atomic E-state index is 0.208. The molecule has 0 fully saturated rings. The fourth-order valence-electron chi connectivity index (χ4n) is 0.150. The largest absolute Gasteiger partial charge is 0.391 e. The maximum absolute atomic E-state index is 9.79. The van der Waals surface area contributed by atoms with Crippen molar-refractivity contribution in [1.29, 1.82) is 0 Å². The van der Waals surface area contributed by atoms with Gasteiger partial charge in [0.1, 0.15) is 0 Å². The Morgan fingerprint density at radius 1 is 2.00 bits per heavy atom. The molecule has 0 heterocycles. The summed E-state index contributed by atoms with van der Waals surface area (Å²) in [6, 6.07) is -0.741. The van der Waals surface area contributed by atoms with Gasteiger partial charge in [-0.05, 0) is 0 Å². The first kappa shape index (κ1) is 6.90. The Balaban J connectivity index is 3.16. The first-order valence-electron chi connectivity index (χ1n) is 1.95. The van der Waals surface area contributed by atoms with E-state index in [0.717, 1.165) is 6.21 Å². The van der Waals surface area contributed by atoms with Crippen LogP contribution >= 0.6 is 0 Å². The number of urea groups is 1. The molecule has 0 aromatic carbocycles. The number of rotatable bonds is 2. The number of aliphatic hydroxyl groups is 1. The predicted octanol–water partition coefficient (Wildman–Crippen LogP) is -1.37. The third-order valence-corrected chi connectivity index (χ3v) is 0.348. The van der Waals surface area contributed by atoms with E-state index >= 15 is 0 Å².